The van der Waals surface area contributed by atoms with Gasteiger partial charge in [-0.25, -0.2) is 0 Å². The maximum Gasteiger partial charge on any atom is 0.255 e. The fourth-order valence-electron chi connectivity index (χ4n) is 2.73. The van der Waals surface area contributed by atoms with Gasteiger partial charge in [0, 0.05) is 16.8 Å². The molecule has 3 rings (SSSR count). The summed E-state index contributed by atoms with van der Waals surface area (Å²) in [6.45, 7) is 5.85. The SMILES string of the molecule is Cc1ccc(NC(=O)c2ccc(C(=O)Nc3ccccc3OC(C)C)cc2)cc1. The van der Waals surface area contributed by atoms with Gasteiger partial charge in [0.2, 0.25) is 0 Å². The monoisotopic (exact) mass is 388 g/mol. The Morgan fingerprint density at radius 2 is 1.31 bits per heavy atom. The molecule has 0 unspecified atom stereocenters. The van der Waals surface area contributed by atoms with Crippen molar-refractivity contribution in [1.82, 2.24) is 0 Å². The summed E-state index contributed by atoms with van der Waals surface area (Å²) in [7, 11) is 0. The summed E-state index contributed by atoms with van der Waals surface area (Å²) in [6, 6.07) is 21.4. The van der Waals surface area contributed by atoms with E-state index in [4.69, 9.17) is 4.74 Å². The zero-order valence-corrected chi connectivity index (χ0v) is 16.7. The van der Waals surface area contributed by atoms with Gasteiger partial charge in [0.15, 0.2) is 0 Å². The van der Waals surface area contributed by atoms with Crippen molar-refractivity contribution in [2.45, 2.75) is 26.9 Å². The maximum atomic E-state index is 12.6. The topological polar surface area (TPSA) is 67.4 Å². The molecular weight excluding hydrogens is 364 g/mol. The van der Waals surface area contributed by atoms with E-state index in [1.165, 1.54) is 0 Å². The average Bonchev–Trinajstić information content (AvgIpc) is 2.71. The molecule has 0 bridgehead atoms. The quantitative estimate of drug-likeness (QED) is 0.603. The molecule has 3 aromatic rings. The van der Waals surface area contributed by atoms with Crippen LogP contribution in [0.2, 0.25) is 0 Å². The molecule has 0 spiro atoms. The van der Waals surface area contributed by atoms with Crippen LogP contribution >= 0.6 is 0 Å². The molecule has 0 heterocycles. The van der Waals surface area contributed by atoms with E-state index in [2.05, 4.69) is 10.6 Å². The second-order valence-corrected chi connectivity index (χ2v) is 7.01. The molecule has 3 aromatic carbocycles. The first-order chi connectivity index (χ1) is 13.9. The lowest BCUT2D eigenvalue weighted by atomic mass is 10.1. The van der Waals surface area contributed by atoms with Crippen LogP contribution in [-0.4, -0.2) is 17.9 Å². The Morgan fingerprint density at radius 1 is 0.759 bits per heavy atom. The van der Waals surface area contributed by atoms with Crippen molar-refractivity contribution in [3.05, 3.63) is 89.5 Å². The summed E-state index contributed by atoms with van der Waals surface area (Å²) in [5, 5.41) is 5.71. The van der Waals surface area contributed by atoms with Crippen molar-refractivity contribution in [3.63, 3.8) is 0 Å². The Hall–Kier alpha value is -3.60. The van der Waals surface area contributed by atoms with Gasteiger partial charge in [-0.3, -0.25) is 9.59 Å². The Kier molecular flexibility index (Phi) is 6.29. The lowest BCUT2D eigenvalue weighted by Crippen LogP contribution is -2.15. The molecule has 0 atom stereocenters. The molecule has 5 nitrogen and oxygen atoms in total. The number of ether oxygens (including phenoxy) is 1. The molecule has 29 heavy (non-hydrogen) atoms. The Bertz CT molecular complexity index is 993. The lowest BCUT2D eigenvalue weighted by molar-refractivity contribution is 0.101. The van der Waals surface area contributed by atoms with Crippen LogP contribution in [0, 0.1) is 6.92 Å². The minimum absolute atomic E-state index is 0.000576. The summed E-state index contributed by atoms with van der Waals surface area (Å²) in [5.41, 5.74) is 3.39. The molecule has 0 saturated heterocycles. The maximum absolute atomic E-state index is 12.6. The molecular formula is C24H24N2O3. The number of para-hydroxylation sites is 2. The van der Waals surface area contributed by atoms with E-state index in [0.29, 0.717) is 22.6 Å². The van der Waals surface area contributed by atoms with Crippen LogP contribution in [0.15, 0.2) is 72.8 Å². The van der Waals surface area contributed by atoms with Crippen LogP contribution in [0.1, 0.15) is 40.1 Å². The van der Waals surface area contributed by atoms with E-state index in [0.717, 1.165) is 11.3 Å². The average molecular weight is 388 g/mol. The van der Waals surface area contributed by atoms with Crippen molar-refractivity contribution < 1.29 is 14.3 Å². The third-order valence-corrected chi connectivity index (χ3v) is 4.22. The van der Waals surface area contributed by atoms with Crippen LogP contribution in [0.4, 0.5) is 11.4 Å². The van der Waals surface area contributed by atoms with Gasteiger partial charge in [-0.1, -0.05) is 29.8 Å². The Balaban J connectivity index is 1.67. The van der Waals surface area contributed by atoms with Gasteiger partial charge in [-0.15, -0.1) is 0 Å². The highest BCUT2D eigenvalue weighted by Crippen LogP contribution is 2.25. The molecule has 0 aliphatic rings. The van der Waals surface area contributed by atoms with E-state index in [9.17, 15) is 9.59 Å². The highest BCUT2D eigenvalue weighted by molar-refractivity contribution is 6.07. The van der Waals surface area contributed by atoms with Gasteiger partial charge < -0.3 is 15.4 Å². The second-order valence-electron chi connectivity index (χ2n) is 7.01. The van der Waals surface area contributed by atoms with Gasteiger partial charge in [0.25, 0.3) is 11.8 Å². The number of anilines is 2. The summed E-state index contributed by atoms with van der Waals surface area (Å²) in [4.78, 5) is 25.0. The second kappa shape index (κ2) is 9.06. The summed E-state index contributed by atoms with van der Waals surface area (Å²) in [5.74, 6) is 0.122. The molecule has 5 heteroatoms. The standard InChI is InChI=1S/C24H24N2O3/c1-16(2)29-22-7-5-4-6-21(22)26-24(28)19-12-10-18(11-13-19)23(27)25-20-14-8-17(3)9-15-20/h4-16H,1-3H3,(H,25,27)(H,26,28). The number of hydrogen-bond donors (Lipinski definition) is 2. The van der Waals surface area contributed by atoms with Crippen molar-refractivity contribution in [3.8, 4) is 5.75 Å². The molecule has 0 fully saturated rings. The van der Waals surface area contributed by atoms with Crippen LogP contribution in [0.3, 0.4) is 0 Å². The summed E-state index contributed by atoms with van der Waals surface area (Å²) < 4.78 is 5.73. The summed E-state index contributed by atoms with van der Waals surface area (Å²) in [6.07, 6.45) is -0.000576. The van der Waals surface area contributed by atoms with Crippen molar-refractivity contribution in [2.75, 3.05) is 10.6 Å². The first kappa shape index (κ1) is 20.1. The minimum Gasteiger partial charge on any atom is -0.489 e. The van der Waals surface area contributed by atoms with Gasteiger partial charge in [-0.2, -0.15) is 0 Å². The fourth-order valence-corrected chi connectivity index (χ4v) is 2.73. The van der Waals surface area contributed by atoms with Crippen LogP contribution < -0.4 is 15.4 Å². The van der Waals surface area contributed by atoms with Crippen LogP contribution in [-0.2, 0) is 0 Å². The van der Waals surface area contributed by atoms with Crippen LogP contribution in [0.5, 0.6) is 5.75 Å². The van der Waals surface area contributed by atoms with Gasteiger partial charge in [0.1, 0.15) is 5.75 Å². The molecule has 0 saturated carbocycles. The highest BCUT2D eigenvalue weighted by Gasteiger charge is 2.12. The normalized spacial score (nSPS) is 10.5. The largest absolute Gasteiger partial charge is 0.489 e. The molecule has 0 radical (unpaired) electrons. The molecule has 2 N–H and O–H groups in total. The molecule has 2 amide bonds. The zero-order valence-electron chi connectivity index (χ0n) is 16.7. The lowest BCUT2D eigenvalue weighted by Gasteiger charge is -2.14. The first-order valence-electron chi connectivity index (χ1n) is 9.47. The minimum atomic E-state index is -0.268. The molecule has 0 aromatic heterocycles. The smallest absolute Gasteiger partial charge is 0.255 e. The number of hydrogen-bond acceptors (Lipinski definition) is 3. The first-order valence-corrected chi connectivity index (χ1v) is 9.47. The van der Waals surface area contributed by atoms with Gasteiger partial charge >= 0.3 is 0 Å². The highest BCUT2D eigenvalue weighted by atomic mass is 16.5. The van der Waals surface area contributed by atoms with E-state index in [1.54, 1.807) is 30.3 Å². The van der Waals surface area contributed by atoms with Crippen molar-refractivity contribution in [2.24, 2.45) is 0 Å². The van der Waals surface area contributed by atoms with E-state index >= 15 is 0 Å². The predicted molar refractivity (Wildman–Crippen MR) is 116 cm³/mol. The predicted octanol–water partition coefficient (Wildman–Crippen LogP) is 5.29. The van der Waals surface area contributed by atoms with E-state index in [-0.39, 0.29) is 17.9 Å². The number of carbonyl (C=O) groups is 2. The zero-order chi connectivity index (χ0) is 20.8. The fraction of sp³-hybridized carbons (Fsp3) is 0.167. The number of nitrogens with one attached hydrogen (secondary N) is 2. The molecule has 148 valence electrons. The summed E-state index contributed by atoms with van der Waals surface area (Å²) >= 11 is 0. The number of rotatable bonds is 6. The van der Waals surface area contributed by atoms with Crippen molar-refractivity contribution in [1.29, 1.82) is 0 Å². The Morgan fingerprint density at radius 3 is 1.90 bits per heavy atom. The number of amides is 2. The van der Waals surface area contributed by atoms with Gasteiger partial charge in [0.05, 0.1) is 11.8 Å². The van der Waals surface area contributed by atoms with Crippen LogP contribution in [0.25, 0.3) is 0 Å². The van der Waals surface area contributed by atoms with Gasteiger partial charge in [-0.05, 0) is 69.3 Å². The van der Waals surface area contributed by atoms with E-state index in [1.807, 2.05) is 63.2 Å². The number of aryl methyl sites for hydroxylation is 1. The van der Waals surface area contributed by atoms with Crippen molar-refractivity contribution >= 4 is 23.2 Å². The molecule has 0 aliphatic heterocycles. The number of carbonyl (C=O) groups excluding carboxylic acids is 2. The number of benzene rings is 3. The Labute approximate surface area is 170 Å². The molecule has 0 aliphatic carbocycles. The third kappa shape index (κ3) is 5.45. The third-order valence-electron chi connectivity index (χ3n) is 4.22. The van der Waals surface area contributed by atoms with E-state index < -0.39 is 0 Å².